The van der Waals surface area contributed by atoms with E-state index in [2.05, 4.69) is 15.6 Å². The standard InChI is InChI=1S/C33H34ClN7O2S/c1-39(2)26-16-14-25(15-17-26)35-32(43)33(18-6-3-7-19-33)40(31(42)21-41-29-9-5-4-8-27(29)37-38-41)20-30-36-28(22-44-30)23-10-12-24(34)13-11-23/h4-5,8-17,22H,3,6-7,18-21H2,1-2H3,(H,35,43). The van der Waals surface area contributed by atoms with E-state index in [1.807, 2.05) is 97.2 Å². The van der Waals surface area contributed by atoms with Crippen molar-refractivity contribution in [3.05, 3.63) is 88.2 Å². The summed E-state index contributed by atoms with van der Waals surface area (Å²) < 4.78 is 1.61. The molecule has 226 valence electrons. The second-order valence-corrected chi connectivity index (χ2v) is 12.7. The van der Waals surface area contributed by atoms with Crippen LogP contribution in [0.5, 0.6) is 0 Å². The highest BCUT2D eigenvalue weighted by atomic mass is 35.5. The van der Waals surface area contributed by atoms with Crippen molar-refractivity contribution in [3.8, 4) is 11.3 Å². The molecule has 0 saturated heterocycles. The Bertz CT molecular complexity index is 1760. The number of halogens is 1. The lowest BCUT2D eigenvalue weighted by Gasteiger charge is -2.44. The molecule has 1 saturated carbocycles. The van der Waals surface area contributed by atoms with Crippen LogP contribution in [0.3, 0.4) is 0 Å². The van der Waals surface area contributed by atoms with Gasteiger partial charge < -0.3 is 15.1 Å². The van der Waals surface area contributed by atoms with E-state index in [-0.39, 0.29) is 24.9 Å². The monoisotopic (exact) mass is 627 g/mol. The van der Waals surface area contributed by atoms with Gasteiger partial charge in [-0.3, -0.25) is 9.59 Å². The number of anilines is 2. The van der Waals surface area contributed by atoms with Gasteiger partial charge in [0.2, 0.25) is 11.8 Å². The van der Waals surface area contributed by atoms with Crippen molar-refractivity contribution in [3.63, 3.8) is 0 Å². The molecule has 1 aliphatic carbocycles. The van der Waals surface area contributed by atoms with Gasteiger partial charge in [0, 0.05) is 41.4 Å². The first-order valence-corrected chi connectivity index (χ1v) is 16.0. The number of hydrogen-bond donors (Lipinski definition) is 1. The van der Waals surface area contributed by atoms with Gasteiger partial charge in [0.05, 0.1) is 17.8 Å². The van der Waals surface area contributed by atoms with E-state index in [0.29, 0.717) is 29.1 Å². The Hall–Kier alpha value is -4.28. The number of carbonyl (C=O) groups is 2. The van der Waals surface area contributed by atoms with Crippen LogP contribution in [0, 0.1) is 0 Å². The van der Waals surface area contributed by atoms with E-state index in [4.69, 9.17) is 16.6 Å². The Morgan fingerprint density at radius 1 is 0.977 bits per heavy atom. The molecule has 1 aliphatic rings. The first-order chi connectivity index (χ1) is 21.3. The lowest BCUT2D eigenvalue weighted by Crippen LogP contribution is -2.60. The van der Waals surface area contributed by atoms with E-state index < -0.39 is 5.54 Å². The van der Waals surface area contributed by atoms with Gasteiger partial charge in [0.15, 0.2) is 0 Å². The molecule has 44 heavy (non-hydrogen) atoms. The molecule has 0 unspecified atom stereocenters. The third-order valence-electron chi connectivity index (χ3n) is 8.25. The van der Waals surface area contributed by atoms with Crippen LogP contribution in [0.1, 0.15) is 37.1 Å². The molecule has 6 rings (SSSR count). The van der Waals surface area contributed by atoms with Crippen LogP contribution in [0.2, 0.25) is 5.02 Å². The number of fused-ring (bicyclic) bond motifs is 1. The zero-order chi connectivity index (χ0) is 30.7. The first kappa shape index (κ1) is 29.8. The number of carbonyl (C=O) groups excluding carboxylic acids is 2. The van der Waals surface area contributed by atoms with Gasteiger partial charge >= 0.3 is 0 Å². The molecule has 11 heteroatoms. The molecule has 1 N–H and O–H groups in total. The summed E-state index contributed by atoms with van der Waals surface area (Å²) in [6, 6.07) is 22.8. The lowest BCUT2D eigenvalue weighted by molar-refractivity contribution is -0.149. The van der Waals surface area contributed by atoms with Crippen LogP contribution in [0.4, 0.5) is 11.4 Å². The number of nitrogens with one attached hydrogen (secondary N) is 1. The van der Waals surface area contributed by atoms with Crippen LogP contribution in [-0.2, 0) is 22.7 Å². The highest BCUT2D eigenvalue weighted by Crippen LogP contribution is 2.37. The third kappa shape index (κ3) is 6.18. The second kappa shape index (κ2) is 12.8. The van der Waals surface area contributed by atoms with Gasteiger partial charge in [-0.05, 0) is 61.4 Å². The summed E-state index contributed by atoms with van der Waals surface area (Å²) in [5, 5.41) is 15.0. The van der Waals surface area contributed by atoms with Gasteiger partial charge in [-0.25, -0.2) is 9.67 Å². The number of aromatic nitrogens is 4. The largest absolute Gasteiger partial charge is 0.378 e. The summed E-state index contributed by atoms with van der Waals surface area (Å²) in [5.74, 6) is -0.384. The number of thiazole rings is 1. The summed E-state index contributed by atoms with van der Waals surface area (Å²) in [6.45, 7) is 0.166. The van der Waals surface area contributed by atoms with Crippen molar-refractivity contribution in [1.82, 2.24) is 24.9 Å². The minimum atomic E-state index is -1.04. The summed E-state index contributed by atoms with van der Waals surface area (Å²) in [7, 11) is 3.95. The fraction of sp³-hybridized carbons (Fsp3) is 0.303. The van der Waals surface area contributed by atoms with Crippen LogP contribution >= 0.6 is 22.9 Å². The molecule has 2 heterocycles. The maximum atomic E-state index is 14.4. The van der Waals surface area contributed by atoms with E-state index in [9.17, 15) is 9.59 Å². The Balaban J connectivity index is 1.35. The molecule has 1 fully saturated rings. The minimum absolute atomic E-state index is 0.0392. The molecule has 0 radical (unpaired) electrons. The molecule has 2 amide bonds. The van der Waals surface area contributed by atoms with Gasteiger partial charge in [-0.15, -0.1) is 16.4 Å². The third-order valence-corrected chi connectivity index (χ3v) is 9.34. The van der Waals surface area contributed by atoms with Crippen molar-refractivity contribution in [2.75, 3.05) is 24.3 Å². The molecule has 0 atom stereocenters. The predicted octanol–water partition coefficient (Wildman–Crippen LogP) is 6.64. The van der Waals surface area contributed by atoms with Crippen LogP contribution in [0.15, 0.2) is 78.2 Å². The Morgan fingerprint density at radius 3 is 2.43 bits per heavy atom. The van der Waals surface area contributed by atoms with Crippen molar-refractivity contribution in [2.24, 2.45) is 0 Å². The van der Waals surface area contributed by atoms with E-state index in [1.54, 1.807) is 9.58 Å². The number of rotatable bonds is 9. The second-order valence-electron chi connectivity index (χ2n) is 11.3. The number of amides is 2. The SMILES string of the molecule is CN(C)c1ccc(NC(=O)C2(N(Cc3nc(-c4ccc(Cl)cc4)cs3)C(=O)Cn3nnc4ccccc43)CCCCC2)cc1. The Morgan fingerprint density at radius 2 is 1.70 bits per heavy atom. The van der Waals surface area contributed by atoms with Gasteiger partial charge in [0.1, 0.15) is 22.6 Å². The molecule has 0 aliphatic heterocycles. The smallest absolute Gasteiger partial charge is 0.250 e. The van der Waals surface area contributed by atoms with E-state index in [1.165, 1.54) is 11.3 Å². The van der Waals surface area contributed by atoms with Crippen molar-refractivity contribution in [1.29, 1.82) is 0 Å². The molecule has 3 aromatic carbocycles. The summed E-state index contributed by atoms with van der Waals surface area (Å²) in [5.41, 5.74) is 3.91. The predicted molar refractivity (Wildman–Crippen MR) is 176 cm³/mol. The summed E-state index contributed by atoms with van der Waals surface area (Å²) in [4.78, 5) is 37.3. The zero-order valence-electron chi connectivity index (χ0n) is 24.7. The maximum Gasteiger partial charge on any atom is 0.250 e. The lowest BCUT2D eigenvalue weighted by atomic mass is 9.79. The number of para-hydroxylation sites is 1. The maximum absolute atomic E-state index is 14.4. The highest BCUT2D eigenvalue weighted by molar-refractivity contribution is 7.09. The molecule has 0 spiro atoms. The Labute approximate surface area is 265 Å². The molecule has 0 bridgehead atoms. The van der Waals surface area contributed by atoms with Crippen LogP contribution in [-0.4, -0.2) is 56.3 Å². The van der Waals surface area contributed by atoms with Crippen molar-refractivity contribution >= 4 is 57.2 Å². The van der Waals surface area contributed by atoms with Gasteiger partial charge in [-0.2, -0.15) is 0 Å². The quantitative estimate of drug-likeness (QED) is 0.197. The zero-order valence-corrected chi connectivity index (χ0v) is 26.3. The van der Waals surface area contributed by atoms with Crippen LogP contribution in [0.25, 0.3) is 22.3 Å². The minimum Gasteiger partial charge on any atom is -0.378 e. The molecular formula is C33H34ClN7O2S. The summed E-state index contributed by atoms with van der Waals surface area (Å²) in [6.07, 6.45) is 3.83. The normalized spacial score (nSPS) is 14.3. The van der Waals surface area contributed by atoms with Crippen molar-refractivity contribution < 1.29 is 9.59 Å². The number of nitrogens with zero attached hydrogens (tertiary/aromatic N) is 6. The first-order valence-electron chi connectivity index (χ1n) is 14.7. The topological polar surface area (TPSA) is 96.2 Å². The fourth-order valence-corrected chi connectivity index (χ4v) is 6.76. The fourth-order valence-electron chi connectivity index (χ4n) is 5.84. The Kier molecular flexibility index (Phi) is 8.63. The van der Waals surface area contributed by atoms with Crippen molar-refractivity contribution in [2.45, 2.75) is 50.7 Å². The van der Waals surface area contributed by atoms with E-state index in [0.717, 1.165) is 46.7 Å². The average molecular weight is 628 g/mol. The number of hydrogen-bond acceptors (Lipinski definition) is 7. The average Bonchev–Trinajstić information content (AvgIpc) is 3.68. The van der Waals surface area contributed by atoms with Gasteiger partial charge in [0.25, 0.3) is 0 Å². The van der Waals surface area contributed by atoms with Crippen LogP contribution < -0.4 is 10.2 Å². The molecular weight excluding hydrogens is 594 g/mol. The summed E-state index contributed by atoms with van der Waals surface area (Å²) >= 11 is 7.58. The molecule has 5 aromatic rings. The molecule has 2 aromatic heterocycles. The number of benzene rings is 3. The van der Waals surface area contributed by atoms with E-state index >= 15 is 0 Å². The highest BCUT2D eigenvalue weighted by Gasteiger charge is 2.47. The molecule has 9 nitrogen and oxygen atoms in total. The van der Waals surface area contributed by atoms with Gasteiger partial charge in [-0.1, -0.05) is 60.3 Å².